The van der Waals surface area contributed by atoms with Gasteiger partial charge in [0.15, 0.2) is 0 Å². The largest absolute Gasteiger partial charge is 0.391 e. The lowest BCUT2D eigenvalue weighted by molar-refractivity contribution is 0.0615. The van der Waals surface area contributed by atoms with Crippen LogP contribution in [0.25, 0.3) is 0 Å². The molecular weight excluding hydrogens is 256 g/mol. The fraction of sp³-hybridized carbons (Fsp3) is 0.714. The molecule has 112 valence electrons. The van der Waals surface area contributed by atoms with Crippen molar-refractivity contribution in [1.29, 1.82) is 0 Å². The van der Waals surface area contributed by atoms with Crippen molar-refractivity contribution >= 4 is 11.6 Å². The fourth-order valence-corrected chi connectivity index (χ4v) is 2.11. The number of nitrogens with zero attached hydrogens (tertiary/aromatic N) is 2. The summed E-state index contributed by atoms with van der Waals surface area (Å²) in [4.78, 5) is 9.17. The third-order valence-corrected chi connectivity index (χ3v) is 3.47. The molecule has 0 aromatic carbocycles. The number of aliphatic hydroxyl groups is 1. The first kappa shape index (κ1) is 15.0. The molecule has 0 amide bonds. The van der Waals surface area contributed by atoms with Gasteiger partial charge in [-0.05, 0) is 26.2 Å². The maximum Gasteiger partial charge on any atom is 0.136 e. The lowest BCUT2D eigenvalue weighted by Gasteiger charge is -2.15. The molecule has 0 spiro atoms. The van der Waals surface area contributed by atoms with E-state index in [-0.39, 0.29) is 0 Å². The summed E-state index contributed by atoms with van der Waals surface area (Å²) in [5.74, 6) is 3.17. The van der Waals surface area contributed by atoms with Crippen LogP contribution in [0.1, 0.15) is 36.6 Å². The molecule has 6 nitrogen and oxygen atoms in total. The standard InChI is InChI=1S/C14H24N4O2/c1-9-12(15-2)17-14(10-4-5-10)18-13(9)16-7-6-11(19)8-20-3/h10-11,19H,4-8H2,1-3H3,(H2,15,16,17,18). The van der Waals surface area contributed by atoms with E-state index in [0.29, 0.717) is 25.5 Å². The molecule has 0 aliphatic heterocycles. The van der Waals surface area contributed by atoms with Crippen molar-refractivity contribution < 1.29 is 9.84 Å². The second kappa shape index (κ2) is 6.85. The maximum absolute atomic E-state index is 9.64. The monoisotopic (exact) mass is 280 g/mol. The summed E-state index contributed by atoms with van der Waals surface area (Å²) in [6, 6.07) is 0. The van der Waals surface area contributed by atoms with Crippen molar-refractivity contribution in [1.82, 2.24) is 9.97 Å². The molecule has 0 bridgehead atoms. The fourth-order valence-electron chi connectivity index (χ4n) is 2.11. The smallest absolute Gasteiger partial charge is 0.136 e. The van der Waals surface area contributed by atoms with Gasteiger partial charge < -0.3 is 20.5 Å². The van der Waals surface area contributed by atoms with Gasteiger partial charge in [0.1, 0.15) is 17.5 Å². The minimum absolute atomic E-state index is 0.361. The van der Waals surface area contributed by atoms with Gasteiger partial charge in [-0.25, -0.2) is 9.97 Å². The Kier molecular flexibility index (Phi) is 5.14. The van der Waals surface area contributed by atoms with Gasteiger partial charge in [0.2, 0.25) is 0 Å². The molecule has 1 unspecified atom stereocenters. The minimum Gasteiger partial charge on any atom is -0.391 e. The molecule has 6 heteroatoms. The highest BCUT2D eigenvalue weighted by molar-refractivity contribution is 5.57. The number of aliphatic hydroxyl groups excluding tert-OH is 1. The molecule has 1 aromatic heterocycles. The highest BCUT2D eigenvalue weighted by Crippen LogP contribution is 2.39. The van der Waals surface area contributed by atoms with Crippen molar-refractivity contribution in [3.63, 3.8) is 0 Å². The highest BCUT2D eigenvalue weighted by atomic mass is 16.5. The summed E-state index contributed by atoms with van der Waals surface area (Å²) < 4.78 is 4.91. The van der Waals surface area contributed by atoms with Gasteiger partial charge in [0.25, 0.3) is 0 Å². The Labute approximate surface area is 120 Å². The van der Waals surface area contributed by atoms with Gasteiger partial charge in [0.05, 0.1) is 12.7 Å². The molecule has 1 aromatic rings. The number of ether oxygens (including phenoxy) is 1. The van der Waals surface area contributed by atoms with Crippen LogP contribution in [0.4, 0.5) is 11.6 Å². The lowest BCUT2D eigenvalue weighted by Crippen LogP contribution is -2.19. The van der Waals surface area contributed by atoms with Crippen LogP contribution in [0.2, 0.25) is 0 Å². The molecule has 1 heterocycles. The van der Waals surface area contributed by atoms with Crippen molar-refractivity contribution in [2.45, 2.75) is 38.2 Å². The number of hydrogen-bond acceptors (Lipinski definition) is 6. The zero-order valence-electron chi connectivity index (χ0n) is 12.4. The maximum atomic E-state index is 9.64. The zero-order chi connectivity index (χ0) is 14.5. The number of anilines is 2. The van der Waals surface area contributed by atoms with E-state index in [2.05, 4.69) is 20.6 Å². The number of nitrogens with one attached hydrogen (secondary N) is 2. The van der Waals surface area contributed by atoms with Gasteiger partial charge >= 0.3 is 0 Å². The van der Waals surface area contributed by atoms with Crippen molar-refractivity contribution in [2.24, 2.45) is 0 Å². The summed E-state index contributed by atoms with van der Waals surface area (Å²) in [5.41, 5.74) is 1.01. The lowest BCUT2D eigenvalue weighted by atomic mass is 10.2. The summed E-state index contributed by atoms with van der Waals surface area (Å²) in [6.07, 6.45) is 2.54. The second-order valence-electron chi connectivity index (χ2n) is 5.25. The number of aromatic nitrogens is 2. The van der Waals surface area contributed by atoms with Crippen LogP contribution in [0.15, 0.2) is 0 Å². The van der Waals surface area contributed by atoms with E-state index < -0.39 is 6.10 Å². The van der Waals surface area contributed by atoms with E-state index in [1.807, 2.05) is 14.0 Å². The predicted octanol–water partition coefficient (Wildman–Crippen LogP) is 1.51. The summed E-state index contributed by atoms with van der Waals surface area (Å²) in [7, 11) is 3.46. The van der Waals surface area contributed by atoms with Gasteiger partial charge in [0, 0.05) is 32.2 Å². The van der Waals surface area contributed by atoms with Crippen LogP contribution in [0.3, 0.4) is 0 Å². The molecule has 3 N–H and O–H groups in total. The second-order valence-corrected chi connectivity index (χ2v) is 5.25. The van der Waals surface area contributed by atoms with E-state index in [1.165, 1.54) is 12.8 Å². The molecule has 1 aliphatic carbocycles. The molecule has 1 atom stereocenters. The number of hydrogen-bond donors (Lipinski definition) is 3. The molecular formula is C14H24N4O2. The summed E-state index contributed by atoms with van der Waals surface area (Å²) >= 11 is 0. The third kappa shape index (κ3) is 3.80. The molecule has 1 saturated carbocycles. The Morgan fingerprint density at radius 3 is 2.65 bits per heavy atom. The Bertz CT molecular complexity index is 449. The van der Waals surface area contributed by atoms with Gasteiger partial charge in [-0.1, -0.05) is 0 Å². The normalized spacial score (nSPS) is 16.0. The van der Waals surface area contributed by atoms with E-state index in [9.17, 15) is 5.11 Å². The van der Waals surface area contributed by atoms with Crippen molar-refractivity contribution in [3.8, 4) is 0 Å². The first-order chi connectivity index (χ1) is 9.65. The Morgan fingerprint density at radius 2 is 2.05 bits per heavy atom. The molecule has 0 saturated heterocycles. The quantitative estimate of drug-likeness (QED) is 0.670. The van der Waals surface area contributed by atoms with Crippen LogP contribution in [-0.2, 0) is 4.74 Å². The predicted molar refractivity (Wildman–Crippen MR) is 79.3 cm³/mol. The highest BCUT2D eigenvalue weighted by Gasteiger charge is 2.28. The molecule has 20 heavy (non-hydrogen) atoms. The Morgan fingerprint density at radius 1 is 1.35 bits per heavy atom. The average molecular weight is 280 g/mol. The SMILES string of the molecule is CNc1nc(C2CC2)nc(NCCC(O)COC)c1C. The Hall–Kier alpha value is -1.40. The van der Waals surface area contributed by atoms with Crippen molar-refractivity contribution in [3.05, 3.63) is 11.4 Å². The first-order valence-electron chi connectivity index (χ1n) is 7.12. The molecule has 2 rings (SSSR count). The topological polar surface area (TPSA) is 79.3 Å². The average Bonchev–Trinajstić information content (AvgIpc) is 3.25. The van der Waals surface area contributed by atoms with Gasteiger partial charge in [-0.2, -0.15) is 0 Å². The number of rotatable bonds is 8. The zero-order valence-corrected chi connectivity index (χ0v) is 12.4. The van der Waals surface area contributed by atoms with E-state index in [1.54, 1.807) is 7.11 Å². The molecule has 1 aliphatic rings. The first-order valence-corrected chi connectivity index (χ1v) is 7.12. The Balaban J connectivity index is 2.00. The van der Waals surface area contributed by atoms with Crippen LogP contribution in [0.5, 0.6) is 0 Å². The van der Waals surface area contributed by atoms with Crippen LogP contribution in [-0.4, -0.2) is 48.5 Å². The summed E-state index contributed by atoms with van der Waals surface area (Å²) in [6.45, 7) is 3.02. The van der Waals surface area contributed by atoms with Crippen LogP contribution < -0.4 is 10.6 Å². The van der Waals surface area contributed by atoms with Crippen molar-refractivity contribution in [2.75, 3.05) is 37.9 Å². The van der Waals surface area contributed by atoms with E-state index >= 15 is 0 Å². The minimum atomic E-state index is -0.443. The van der Waals surface area contributed by atoms with Gasteiger partial charge in [-0.3, -0.25) is 0 Å². The summed E-state index contributed by atoms with van der Waals surface area (Å²) in [5, 5.41) is 16.1. The third-order valence-electron chi connectivity index (χ3n) is 3.47. The van der Waals surface area contributed by atoms with E-state index in [4.69, 9.17) is 4.74 Å². The van der Waals surface area contributed by atoms with Crippen LogP contribution in [0, 0.1) is 6.92 Å². The van der Waals surface area contributed by atoms with Gasteiger partial charge in [-0.15, -0.1) is 0 Å². The molecule has 1 fully saturated rings. The van der Waals surface area contributed by atoms with E-state index in [0.717, 1.165) is 23.0 Å². The van der Waals surface area contributed by atoms with Crippen LogP contribution >= 0.6 is 0 Å². The molecule has 0 radical (unpaired) electrons. The number of methoxy groups -OCH3 is 1.